The molecule has 1 saturated heterocycles. The SMILES string of the molecule is CN(C(=O)[C@@H]1CNCCO1)C1CC1. The van der Waals surface area contributed by atoms with Gasteiger partial charge < -0.3 is 15.0 Å². The number of hydrogen-bond acceptors (Lipinski definition) is 3. The Kier molecular flexibility index (Phi) is 2.51. The highest BCUT2D eigenvalue weighted by molar-refractivity contribution is 5.81. The summed E-state index contributed by atoms with van der Waals surface area (Å²) < 4.78 is 5.39. The standard InChI is InChI=1S/C9H16N2O2/c1-11(7-2-3-7)9(12)8-6-10-4-5-13-8/h7-8,10H,2-6H2,1H3/t8-/m0/s1. The van der Waals surface area contributed by atoms with E-state index in [0.29, 0.717) is 19.2 Å². The molecule has 1 aliphatic heterocycles. The number of ether oxygens (including phenoxy) is 1. The Morgan fingerprint density at radius 2 is 2.31 bits per heavy atom. The minimum Gasteiger partial charge on any atom is -0.366 e. The molecule has 4 nitrogen and oxygen atoms in total. The van der Waals surface area contributed by atoms with Gasteiger partial charge in [-0.3, -0.25) is 4.79 Å². The molecule has 1 amide bonds. The molecule has 4 heteroatoms. The van der Waals surface area contributed by atoms with E-state index < -0.39 is 0 Å². The average molecular weight is 184 g/mol. The molecule has 0 radical (unpaired) electrons. The normalized spacial score (nSPS) is 28.5. The topological polar surface area (TPSA) is 41.6 Å². The highest BCUT2D eigenvalue weighted by atomic mass is 16.5. The van der Waals surface area contributed by atoms with E-state index in [-0.39, 0.29) is 12.0 Å². The second kappa shape index (κ2) is 3.64. The number of likely N-dealkylation sites (N-methyl/N-ethyl adjacent to an activating group) is 1. The van der Waals surface area contributed by atoms with Gasteiger partial charge in [-0.25, -0.2) is 0 Å². The zero-order valence-corrected chi connectivity index (χ0v) is 7.95. The minimum atomic E-state index is -0.251. The molecule has 1 aliphatic carbocycles. The van der Waals surface area contributed by atoms with Gasteiger partial charge in [0.2, 0.25) is 0 Å². The van der Waals surface area contributed by atoms with Crippen molar-refractivity contribution in [1.82, 2.24) is 10.2 Å². The Morgan fingerprint density at radius 3 is 2.85 bits per heavy atom. The molecule has 74 valence electrons. The molecule has 0 bridgehead atoms. The van der Waals surface area contributed by atoms with Gasteiger partial charge in [0.05, 0.1) is 6.61 Å². The highest BCUT2D eigenvalue weighted by Crippen LogP contribution is 2.26. The summed E-state index contributed by atoms with van der Waals surface area (Å²) in [6.45, 7) is 2.17. The fraction of sp³-hybridized carbons (Fsp3) is 0.889. The first-order valence-corrected chi connectivity index (χ1v) is 4.88. The van der Waals surface area contributed by atoms with E-state index in [1.807, 2.05) is 11.9 Å². The molecular weight excluding hydrogens is 168 g/mol. The van der Waals surface area contributed by atoms with Crippen molar-refractivity contribution in [2.24, 2.45) is 0 Å². The van der Waals surface area contributed by atoms with Gasteiger partial charge >= 0.3 is 0 Å². The number of nitrogens with zero attached hydrogens (tertiary/aromatic N) is 1. The van der Waals surface area contributed by atoms with Crippen LogP contribution in [0.1, 0.15) is 12.8 Å². The van der Waals surface area contributed by atoms with Crippen LogP contribution in [0.5, 0.6) is 0 Å². The van der Waals surface area contributed by atoms with Crippen LogP contribution in [-0.4, -0.2) is 49.7 Å². The van der Waals surface area contributed by atoms with Gasteiger partial charge in [0.15, 0.2) is 0 Å². The van der Waals surface area contributed by atoms with Crippen LogP contribution >= 0.6 is 0 Å². The summed E-state index contributed by atoms with van der Waals surface area (Å²) in [5.74, 6) is 0.134. The molecule has 0 spiro atoms. The zero-order valence-electron chi connectivity index (χ0n) is 7.95. The monoisotopic (exact) mass is 184 g/mol. The summed E-state index contributed by atoms with van der Waals surface area (Å²) in [4.78, 5) is 13.6. The van der Waals surface area contributed by atoms with Crippen molar-refractivity contribution in [3.63, 3.8) is 0 Å². The van der Waals surface area contributed by atoms with Gasteiger partial charge in [-0.2, -0.15) is 0 Å². The maximum absolute atomic E-state index is 11.7. The van der Waals surface area contributed by atoms with E-state index in [4.69, 9.17) is 4.74 Å². The predicted molar refractivity (Wildman–Crippen MR) is 48.4 cm³/mol. The van der Waals surface area contributed by atoms with Gasteiger partial charge in [-0.05, 0) is 12.8 Å². The molecule has 0 aromatic rings. The Hall–Kier alpha value is -0.610. The van der Waals surface area contributed by atoms with Crippen molar-refractivity contribution >= 4 is 5.91 Å². The lowest BCUT2D eigenvalue weighted by Crippen LogP contribution is -2.48. The van der Waals surface area contributed by atoms with Crippen molar-refractivity contribution in [3.05, 3.63) is 0 Å². The molecule has 13 heavy (non-hydrogen) atoms. The second-order valence-electron chi connectivity index (χ2n) is 3.74. The van der Waals surface area contributed by atoms with Crippen LogP contribution in [-0.2, 0) is 9.53 Å². The van der Waals surface area contributed by atoms with E-state index in [0.717, 1.165) is 19.4 Å². The zero-order chi connectivity index (χ0) is 9.26. The van der Waals surface area contributed by atoms with Crippen LogP contribution in [0.15, 0.2) is 0 Å². The molecule has 0 aromatic heterocycles. The van der Waals surface area contributed by atoms with Gasteiger partial charge in [0, 0.05) is 26.2 Å². The van der Waals surface area contributed by atoms with E-state index in [2.05, 4.69) is 5.32 Å². The fourth-order valence-electron chi connectivity index (χ4n) is 1.59. The Labute approximate surface area is 78.2 Å². The Balaban J connectivity index is 1.86. The molecule has 1 saturated carbocycles. The van der Waals surface area contributed by atoms with Crippen LogP contribution < -0.4 is 5.32 Å². The van der Waals surface area contributed by atoms with E-state index in [1.54, 1.807) is 0 Å². The first-order valence-electron chi connectivity index (χ1n) is 4.88. The Morgan fingerprint density at radius 1 is 1.54 bits per heavy atom. The predicted octanol–water partition coefficient (Wildman–Crippen LogP) is -0.404. The number of carbonyl (C=O) groups is 1. The average Bonchev–Trinajstić information content (AvgIpc) is 3.00. The first kappa shape index (κ1) is 8.97. The fourth-order valence-corrected chi connectivity index (χ4v) is 1.59. The molecular formula is C9H16N2O2. The van der Waals surface area contributed by atoms with E-state index in [1.165, 1.54) is 0 Å². The number of amides is 1. The van der Waals surface area contributed by atoms with E-state index in [9.17, 15) is 4.79 Å². The summed E-state index contributed by atoms with van der Waals surface area (Å²) in [7, 11) is 1.87. The molecule has 1 N–H and O–H groups in total. The summed E-state index contributed by atoms with van der Waals surface area (Å²) in [5.41, 5.74) is 0. The third-order valence-corrected chi connectivity index (χ3v) is 2.65. The lowest BCUT2D eigenvalue weighted by Gasteiger charge is -2.27. The molecule has 1 atom stereocenters. The number of carbonyl (C=O) groups excluding carboxylic acids is 1. The van der Waals surface area contributed by atoms with Crippen molar-refractivity contribution < 1.29 is 9.53 Å². The first-order chi connectivity index (χ1) is 6.29. The molecule has 2 aliphatic rings. The lowest BCUT2D eigenvalue weighted by molar-refractivity contribution is -0.144. The van der Waals surface area contributed by atoms with Crippen LogP contribution in [0, 0.1) is 0 Å². The number of nitrogens with one attached hydrogen (secondary N) is 1. The number of morpholine rings is 1. The summed E-state index contributed by atoms with van der Waals surface area (Å²) >= 11 is 0. The van der Waals surface area contributed by atoms with Crippen LogP contribution in [0.3, 0.4) is 0 Å². The summed E-state index contributed by atoms with van der Waals surface area (Å²) in [5, 5.41) is 3.16. The van der Waals surface area contributed by atoms with Crippen molar-refractivity contribution in [3.8, 4) is 0 Å². The maximum atomic E-state index is 11.7. The smallest absolute Gasteiger partial charge is 0.253 e. The highest BCUT2D eigenvalue weighted by Gasteiger charge is 2.34. The number of hydrogen-bond donors (Lipinski definition) is 1. The van der Waals surface area contributed by atoms with Crippen molar-refractivity contribution in [2.75, 3.05) is 26.7 Å². The second-order valence-corrected chi connectivity index (χ2v) is 3.74. The summed E-state index contributed by atoms with van der Waals surface area (Å²) in [6, 6.07) is 0.484. The van der Waals surface area contributed by atoms with Gasteiger partial charge in [0.1, 0.15) is 6.10 Å². The molecule has 2 fully saturated rings. The lowest BCUT2D eigenvalue weighted by atomic mass is 10.2. The molecule has 0 unspecified atom stereocenters. The molecule has 0 aromatic carbocycles. The molecule has 2 rings (SSSR count). The quantitative estimate of drug-likeness (QED) is 0.634. The third kappa shape index (κ3) is 2.00. The number of rotatable bonds is 2. The van der Waals surface area contributed by atoms with Crippen LogP contribution in [0.4, 0.5) is 0 Å². The minimum absolute atomic E-state index is 0.134. The van der Waals surface area contributed by atoms with Crippen LogP contribution in [0.2, 0.25) is 0 Å². The van der Waals surface area contributed by atoms with Gasteiger partial charge in [-0.15, -0.1) is 0 Å². The summed E-state index contributed by atoms with van der Waals surface area (Å²) in [6.07, 6.45) is 2.06. The van der Waals surface area contributed by atoms with Crippen molar-refractivity contribution in [1.29, 1.82) is 0 Å². The van der Waals surface area contributed by atoms with Gasteiger partial charge in [0.25, 0.3) is 5.91 Å². The molecule has 1 heterocycles. The third-order valence-electron chi connectivity index (χ3n) is 2.65. The van der Waals surface area contributed by atoms with E-state index >= 15 is 0 Å². The maximum Gasteiger partial charge on any atom is 0.253 e. The Bertz CT molecular complexity index is 198. The largest absolute Gasteiger partial charge is 0.366 e. The van der Waals surface area contributed by atoms with Crippen LogP contribution in [0.25, 0.3) is 0 Å². The van der Waals surface area contributed by atoms with Gasteiger partial charge in [-0.1, -0.05) is 0 Å². The van der Waals surface area contributed by atoms with Crippen molar-refractivity contribution in [2.45, 2.75) is 25.0 Å².